The van der Waals surface area contributed by atoms with Gasteiger partial charge >= 0.3 is 0 Å². The molecule has 0 spiro atoms. The Bertz CT molecular complexity index is 883. The maximum atomic E-state index is 9.05. The van der Waals surface area contributed by atoms with E-state index in [2.05, 4.69) is 53.2 Å². The second-order valence-electron chi connectivity index (χ2n) is 8.16. The Labute approximate surface area is 168 Å². The molecule has 150 valence electrons. The zero-order valence-electron chi connectivity index (χ0n) is 17.5. The summed E-state index contributed by atoms with van der Waals surface area (Å²) in [6.45, 7) is 4.01. The second kappa shape index (κ2) is 9.09. The van der Waals surface area contributed by atoms with Crippen LogP contribution in [0, 0.1) is 5.92 Å². The lowest BCUT2D eigenvalue weighted by atomic mass is 9.96. The number of fused-ring (bicyclic) bond motifs is 1. The lowest BCUT2D eigenvalue weighted by Crippen LogP contribution is -2.13. The Morgan fingerprint density at radius 2 is 1.96 bits per heavy atom. The molecule has 28 heavy (non-hydrogen) atoms. The van der Waals surface area contributed by atoms with E-state index in [9.17, 15) is 0 Å². The molecule has 1 saturated carbocycles. The third-order valence-electron chi connectivity index (χ3n) is 5.46. The van der Waals surface area contributed by atoms with Crippen molar-refractivity contribution in [2.75, 3.05) is 19.0 Å². The van der Waals surface area contributed by atoms with Crippen molar-refractivity contribution >= 4 is 28.4 Å². The fourth-order valence-electron chi connectivity index (χ4n) is 3.81. The number of allylic oxidation sites excluding steroid dienone is 3. The van der Waals surface area contributed by atoms with E-state index in [4.69, 9.17) is 10.3 Å². The number of oxime groups is 1. The minimum absolute atomic E-state index is 0.189. The SMILES string of the molecule is CC(C)C(/C=C\C=C\c1cc2cn(C3CCCCC3)nc2cc1N(C)C)=N\O. The molecule has 0 bridgehead atoms. The minimum atomic E-state index is 0.189. The highest BCUT2D eigenvalue weighted by atomic mass is 16.4. The summed E-state index contributed by atoms with van der Waals surface area (Å²) >= 11 is 0. The van der Waals surface area contributed by atoms with Gasteiger partial charge < -0.3 is 10.1 Å². The molecule has 0 amide bonds. The first kappa shape index (κ1) is 20.2. The van der Waals surface area contributed by atoms with E-state index in [0.717, 1.165) is 16.8 Å². The summed E-state index contributed by atoms with van der Waals surface area (Å²) in [5.74, 6) is 0.189. The van der Waals surface area contributed by atoms with Crippen molar-refractivity contribution in [1.82, 2.24) is 9.78 Å². The fourth-order valence-corrected chi connectivity index (χ4v) is 3.81. The molecule has 3 rings (SSSR count). The van der Waals surface area contributed by atoms with E-state index >= 15 is 0 Å². The van der Waals surface area contributed by atoms with Crippen LogP contribution in [0.25, 0.3) is 17.0 Å². The van der Waals surface area contributed by atoms with Crippen LogP contribution in [0.4, 0.5) is 5.69 Å². The van der Waals surface area contributed by atoms with Gasteiger partial charge in [-0.1, -0.05) is 56.5 Å². The zero-order chi connectivity index (χ0) is 20.1. The van der Waals surface area contributed by atoms with E-state index in [-0.39, 0.29) is 5.92 Å². The van der Waals surface area contributed by atoms with Crippen LogP contribution in [-0.2, 0) is 0 Å². The van der Waals surface area contributed by atoms with E-state index in [0.29, 0.717) is 11.8 Å². The van der Waals surface area contributed by atoms with Crippen LogP contribution in [0.2, 0.25) is 0 Å². The monoisotopic (exact) mass is 380 g/mol. The molecule has 1 aliphatic carbocycles. The summed E-state index contributed by atoms with van der Waals surface area (Å²) in [5.41, 5.74) is 4.02. The number of anilines is 1. The molecule has 1 aliphatic rings. The highest BCUT2D eigenvalue weighted by Gasteiger charge is 2.17. The summed E-state index contributed by atoms with van der Waals surface area (Å²) in [6, 6.07) is 4.93. The van der Waals surface area contributed by atoms with Gasteiger partial charge in [-0.25, -0.2) is 0 Å². The van der Waals surface area contributed by atoms with Gasteiger partial charge in [0.15, 0.2) is 0 Å². The first-order valence-electron chi connectivity index (χ1n) is 10.3. The summed E-state index contributed by atoms with van der Waals surface area (Å²) in [6.07, 6.45) is 16.5. The number of aromatic nitrogens is 2. The van der Waals surface area contributed by atoms with Gasteiger partial charge in [-0.15, -0.1) is 0 Å². The number of rotatable bonds is 6. The van der Waals surface area contributed by atoms with Crippen LogP contribution < -0.4 is 4.90 Å². The maximum Gasteiger partial charge on any atom is 0.0944 e. The minimum Gasteiger partial charge on any atom is -0.411 e. The van der Waals surface area contributed by atoms with E-state index < -0.39 is 0 Å². The molecule has 1 aromatic carbocycles. The molecule has 1 N–H and O–H groups in total. The predicted octanol–water partition coefficient (Wildman–Crippen LogP) is 5.66. The molecule has 5 nitrogen and oxygen atoms in total. The first-order chi connectivity index (χ1) is 13.5. The number of hydrogen-bond acceptors (Lipinski definition) is 4. The predicted molar refractivity (Wildman–Crippen MR) is 118 cm³/mol. The lowest BCUT2D eigenvalue weighted by molar-refractivity contribution is 0.316. The van der Waals surface area contributed by atoms with Gasteiger partial charge in [-0.3, -0.25) is 4.68 Å². The Kier molecular flexibility index (Phi) is 6.55. The molecular formula is C23H32N4O. The van der Waals surface area contributed by atoms with Gasteiger partial charge in [0.25, 0.3) is 0 Å². The fraction of sp³-hybridized carbons (Fsp3) is 0.478. The smallest absolute Gasteiger partial charge is 0.0944 e. The zero-order valence-corrected chi connectivity index (χ0v) is 17.5. The standard InChI is InChI=1S/C23H32N4O/c1-17(2)21(25-28)13-9-8-10-18-14-19-16-27(20-11-6-5-7-12-20)24-22(19)15-23(18)26(3)4/h8-10,13-17,20,28H,5-7,11-12H2,1-4H3/b10-8+,13-9-,25-21-. The largest absolute Gasteiger partial charge is 0.411 e. The topological polar surface area (TPSA) is 53.7 Å². The number of benzene rings is 1. The van der Waals surface area contributed by atoms with Crippen molar-refractivity contribution < 1.29 is 5.21 Å². The summed E-state index contributed by atoms with van der Waals surface area (Å²) in [5, 5.41) is 18.5. The molecular weight excluding hydrogens is 348 g/mol. The molecule has 2 aromatic rings. The Hall–Kier alpha value is -2.56. The van der Waals surface area contributed by atoms with Gasteiger partial charge in [0, 0.05) is 31.4 Å². The number of nitrogens with zero attached hydrogens (tertiary/aromatic N) is 4. The molecule has 0 saturated heterocycles. The van der Waals surface area contributed by atoms with Crippen molar-refractivity contribution in [1.29, 1.82) is 0 Å². The average molecular weight is 381 g/mol. The van der Waals surface area contributed by atoms with Crippen LogP contribution in [0.5, 0.6) is 0 Å². The first-order valence-corrected chi connectivity index (χ1v) is 10.3. The van der Waals surface area contributed by atoms with Crippen molar-refractivity contribution in [3.05, 3.63) is 42.1 Å². The Morgan fingerprint density at radius 1 is 1.21 bits per heavy atom. The molecule has 0 unspecified atom stereocenters. The second-order valence-corrected chi connectivity index (χ2v) is 8.16. The van der Waals surface area contributed by atoms with Crippen LogP contribution in [0.15, 0.2) is 41.7 Å². The average Bonchev–Trinajstić information content (AvgIpc) is 3.10. The van der Waals surface area contributed by atoms with Gasteiger partial charge in [0.2, 0.25) is 0 Å². The van der Waals surface area contributed by atoms with Crippen LogP contribution in [-0.4, -0.2) is 34.8 Å². The maximum absolute atomic E-state index is 9.05. The lowest BCUT2D eigenvalue weighted by Gasteiger charge is -2.21. The molecule has 0 atom stereocenters. The van der Waals surface area contributed by atoms with Crippen molar-refractivity contribution in [2.45, 2.75) is 52.0 Å². The summed E-state index contributed by atoms with van der Waals surface area (Å²) in [7, 11) is 4.11. The Balaban J connectivity index is 1.89. The highest BCUT2D eigenvalue weighted by molar-refractivity contribution is 5.96. The molecule has 0 aliphatic heterocycles. The van der Waals surface area contributed by atoms with Crippen molar-refractivity contribution in [3.63, 3.8) is 0 Å². The van der Waals surface area contributed by atoms with E-state index in [1.165, 1.54) is 37.5 Å². The number of hydrogen-bond donors (Lipinski definition) is 1. The normalized spacial score (nSPS) is 16.8. The van der Waals surface area contributed by atoms with Gasteiger partial charge in [0.05, 0.1) is 17.3 Å². The van der Waals surface area contributed by atoms with E-state index in [1.54, 1.807) is 0 Å². The molecule has 1 aromatic heterocycles. The van der Waals surface area contributed by atoms with Crippen molar-refractivity contribution in [3.8, 4) is 0 Å². The Morgan fingerprint density at radius 3 is 2.61 bits per heavy atom. The van der Waals surface area contributed by atoms with Crippen LogP contribution in [0.3, 0.4) is 0 Å². The molecule has 1 fully saturated rings. The van der Waals surface area contributed by atoms with Gasteiger partial charge in [-0.2, -0.15) is 5.10 Å². The van der Waals surface area contributed by atoms with Crippen molar-refractivity contribution in [2.24, 2.45) is 11.1 Å². The summed E-state index contributed by atoms with van der Waals surface area (Å²) in [4.78, 5) is 2.12. The van der Waals surface area contributed by atoms with Gasteiger partial charge in [-0.05, 0) is 42.5 Å². The third kappa shape index (κ3) is 4.64. The summed E-state index contributed by atoms with van der Waals surface area (Å²) < 4.78 is 2.18. The highest BCUT2D eigenvalue weighted by Crippen LogP contribution is 2.31. The third-order valence-corrected chi connectivity index (χ3v) is 5.46. The van der Waals surface area contributed by atoms with E-state index in [1.807, 2.05) is 32.1 Å². The molecule has 5 heteroatoms. The molecule has 0 radical (unpaired) electrons. The van der Waals surface area contributed by atoms with Crippen LogP contribution in [0.1, 0.15) is 57.6 Å². The quantitative estimate of drug-likeness (QED) is 0.304. The van der Waals surface area contributed by atoms with Gasteiger partial charge in [0.1, 0.15) is 0 Å². The molecule has 1 heterocycles. The van der Waals surface area contributed by atoms with Crippen LogP contribution >= 0.6 is 0 Å².